The Hall–Kier alpha value is -1.66. The van der Waals surface area contributed by atoms with Gasteiger partial charge < -0.3 is 15.4 Å². The lowest BCUT2D eigenvalue weighted by Gasteiger charge is -2.55. The zero-order chi connectivity index (χ0) is 18.2. The average molecular weight is 361 g/mol. The van der Waals surface area contributed by atoms with Crippen molar-refractivity contribution in [2.75, 3.05) is 39.8 Å². The normalized spacial score (nSPS) is 31.9. The van der Waals surface area contributed by atoms with Crippen molar-refractivity contribution in [3.05, 3.63) is 29.8 Å². The van der Waals surface area contributed by atoms with E-state index >= 15 is 0 Å². The average Bonchev–Trinajstić information content (AvgIpc) is 3.15. The first-order chi connectivity index (χ1) is 12.6. The number of methoxy groups -OCH3 is 1. The predicted molar refractivity (Wildman–Crippen MR) is 97.9 cm³/mol. The molecule has 1 aromatic rings. The van der Waals surface area contributed by atoms with Crippen molar-refractivity contribution in [3.63, 3.8) is 0 Å². The van der Waals surface area contributed by atoms with Gasteiger partial charge in [0.05, 0.1) is 18.6 Å². The molecule has 4 aliphatic rings. The Bertz CT molecular complexity index is 669. The number of nitrogens with one attached hydrogen (secondary N) is 2. The van der Waals surface area contributed by atoms with E-state index in [-0.39, 0.29) is 11.9 Å². The lowest BCUT2D eigenvalue weighted by molar-refractivity contribution is -0.156. The maximum absolute atomic E-state index is 14.3. The molecule has 142 valence electrons. The van der Waals surface area contributed by atoms with Crippen LogP contribution in [0.5, 0.6) is 5.75 Å². The molecule has 1 aromatic carbocycles. The standard InChI is InChI=1S/C20H28FN3O2/c1-26-17-7-3-2-6-15(17)16(24-8-4-5-9-24)10-23-18(25)19-11-20(21,12-19)14-22-13-19/h2-3,6-7,16,22H,4-5,8-14H2,1H3,(H,23,25). The molecule has 0 spiro atoms. The molecule has 3 saturated heterocycles. The fourth-order valence-electron chi connectivity index (χ4n) is 4.99. The molecule has 26 heavy (non-hydrogen) atoms. The molecule has 6 heteroatoms. The maximum Gasteiger partial charge on any atom is 0.227 e. The molecule has 2 N–H and O–H groups in total. The van der Waals surface area contributed by atoms with Crippen LogP contribution in [0.2, 0.25) is 0 Å². The summed E-state index contributed by atoms with van der Waals surface area (Å²) in [5.41, 5.74) is -0.652. The Morgan fingerprint density at radius 3 is 2.73 bits per heavy atom. The van der Waals surface area contributed by atoms with Gasteiger partial charge in [-0.3, -0.25) is 9.69 Å². The van der Waals surface area contributed by atoms with E-state index in [0.717, 1.165) is 24.4 Å². The van der Waals surface area contributed by atoms with Gasteiger partial charge in [0.25, 0.3) is 0 Å². The van der Waals surface area contributed by atoms with Crippen molar-refractivity contribution in [3.8, 4) is 5.75 Å². The molecular weight excluding hydrogens is 333 g/mol. The van der Waals surface area contributed by atoms with E-state index in [1.165, 1.54) is 12.8 Å². The minimum atomic E-state index is -1.19. The quantitative estimate of drug-likeness (QED) is 0.814. The van der Waals surface area contributed by atoms with Gasteiger partial charge in [-0.25, -0.2) is 4.39 Å². The number of rotatable bonds is 6. The van der Waals surface area contributed by atoms with Crippen molar-refractivity contribution in [1.82, 2.24) is 15.5 Å². The minimum Gasteiger partial charge on any atom is -0.496 e. The van der Waals surface area contributed by atoms with Crippen molar-refractivity contribution < 1.29 is 13.9 Å². The summed E-state index contributed by atoms with van der Waals surface area (Å²) in [5, 5.41) is 6.20. The molecule has 1 aliphatic carbocycles. The van der Waals surface area contributed by atoms with Crippen molar-refractivity contribution >= 4 is 5.91 Å². The Balaban J connectivity index is 1.48. The van der Waals surface area contributed by atoms with Crippen LogP contribution >= 0.6 is 0 Å². The third kappa shape index (κ3) is 3.09. The summed E-state index contributed by atoms with van der Waals surface area (Å²) in [6, 6.07) is 8.10. The zero-order valence-electron chi connectivity index (χ0n) is 15.4. The molecular formula is C20H28FN3O2. The van der Waals surface area contributed by atoms with Gasteiger partial charge in [0.1, 0.15) is 11.4 Å². The van der Waals surface area contributed by atoms with E-state index in [1.807, 2.05) is 18.2 Å². The second-order valence-electron chi connectivity index (χ2n) is 8.10. The Morgan fingerprint density at radius 1 is 1.31 bits per heavy atom. The summed E-state index contributed by atoms with van der Waals surface area (Å²) < 4.78 is 19.8. The molecule has 5 rings (SSSR count). The van der Waals surface area contributed by atoms with Crippen LogP contribution in [0.25, 0.3) is 0 Å². The highest BCUT2D eigenvalue weighted by molar-refractivity contribution is 5.85. The molecule has 0 aromatic heterocycles. The number of para-hydroxylation sites is 1. The van der Waals surface area contributed by atoms with Crippen LogP contribution < -0.4 is 15.4 Å². The highest BCUT2D eigenvalue weighted by Gasteiger charge is 2.62. The number of likely N-dealkylation sites (tertiary alicyclic amines) is 1. The van der Waals surface area contributed by atoms with Crippen molar-refractivity contribution in [2.45, 2.75) is 37.4 Å². The monoisotopic (exact) mass is 361 g/mol. The number of nitrogens with zero attached hydrogens (tertiary/aromatic N) is 1. The number of benzene rings is 1. The van der Waals surface area contributed by atoms with Crippen LogP contribution in [0.15, 0.2) is 24.3 Å². The lowest BCUT2D eigenvalue weighted by Crippen LogP contribution is -2.69. The molecule has 1 unspecified atom stereocenters. The fourth-order valence-corrected chi connectivity index (χ4v) is 4.99. The Labute approximate surface area is 154 Å². The second kappa shape index (κ2) is 6.82. The van der Waals surface area contributed by atoms with Gasteiger partial charge in [0.2, 0.25) is 5.91 Å². The van der Waals surface area contributed by atoms with Crippen LogP contribution in [-0.4, -0.2) is 56.3 Å². The number of fused-ring (bicyclic) bond motifs is 2. The van der Waals surface area contributed by atoms with Crippen LogP contribution in [0.4, 0.5) is 4.39 Å². The van der Waals surface area contributed by atoms with Gasteiger partial charge in [0, 0.05) is 25.2 Å². The SMILES string of the molecule is COc1ccccc1C(CNC(=O)C12CNCC(F)(C1)C2)N1CCCC1. The molecule has 4 fully saturated rings. The van der Waals surface area contributed by atoms with Gasteiger partial charge in [-0.2, -0.15) is 0 Å². The molecule has 1 amide bonds. The van der Waals surface area contributed by atoms with Crippen LogP contribution in [0, 0.1) is 5.41 Å². The smallest absolute Gasteiger partial charge is 0.227 e. The lowest BCUT2D eigenvalue weighted by atomic mass is 9.57. The summed E-state index contributed by atoms with van der Waals surface area (Å²) in [5.74, 6) is 0.833. The Morgan fingerprint density at radius 2 is 2.04 bits per heavy atom. The van der Waals surface area contributed by atoms with E-state index in [2.05, 4.69) is 21.6 Å². The first-order valence-electron chi connectivity index (χ1n) is 9.60. The maximum atomic E-state index is 14.3. The highest BCUT2D eigenvalue weighted by Crippen LogP contribution is 2.53. The zero-order valence-corrected chi connectivity index (χ0v) is 15.4. The minimum absolute atomic E-state index is 0.0166. The number of amides is 1. The summed E-state index contributed by atoms with van der Waals surface area (Å²) in [6.45, 7) is 3.53. The van der Waals surface area contributed by atoms with Gasteiger partial charge in [-0.15, -0.1) is 0 Å². The van der Waals surface area contributed by atoms with Crippen molar-refractivity contribution in [1.29, 1.82) is 0 Å². The number of halogens is 1. The van der Waals surface area contributed by atoms with E-state index in [4.69, 9.17) is 4.74 Å². The van der Waals surface area contributed by atoms with Gasteiger partial charge in [-0.1, -0.05) is 18.2 Å². The first kappa shape index (κ1) is 17.7. The second-order valence-corrected chi connectivity index (χ2v) is 8.10. The highest BCUT2D eigenvalue weighted by atomic mass is 19.1. The number of hydrogen-bond donors (Lipinski definition) is 2. The first-order valence-corrected chi connectivity index (χ1v) is 9.60. The molecule has 5 nitrogen and oxygen atoms in total. The number of carbonyl (C=O) groups is 1. The van der Waals surface area contributed by atoms with E-state index in [1.54, 1.807) is 7.11 Å². The van der Waals surface area contributed by atoms with Crippen LogP contribution in [-0.2, 0) is 4.79 Å². The topological polar surface area (TPSA) is 53.6 Å². The largest absolute Gasteiger partial charge is 0.496 e. The van der Waals surface area contributed by atoms with Crippen LogP contribution in [0.1, 0.15) is 37.3 Å². The third-order valence-corrected chi connectivity index (χ3v) is 6.23. The van der Waals surface area contributed by atoms with Gasteiger partial charge >= 0.3 is 0 Å². The molecule has 3 aliphatic heterocycles. The number of piperidine rings is 2. The van der Waals surface area contributed by atoms with Crippen LogP contribution in [0.3, 0.4) is 0 Å². The summed E-state index contributed by atoms with van der Waals surface area (Å²) in [4.78, 5) is 15.2. The number of alkyl halides is 1. The number of ether oxygens (including phenoxy) is 1. The summed E-state index contributed by atoms with van der Waals surface area (Å²) >= 11 is 0. The third-order valence-electron chi connectivity index (χ3n) is 6.23. The molecule has 1 atom stereocenters. The summed E-state index contributed by atoms with van der Waals surface area (Å²) in [6.07, 6.45) is 3.05. The van der Waals surface area contributed by atoms with Gasteiger partial charge in [-0.05, 0) is 44.8 Å². The van der Waals surface area contributed by atoms with E-state index in [9.17, 15) is 9.18 Å². The Kier molecular flexibility index (Phi) is 4.65. The molecule has 1 saturated carbocycles. The van der Waals surface area contributed by atoms with E-state index < -0.39 is 11.1 Å². The van der Waals surface area contributed by atoms with Gasteiger partial charge in [0.15, 0.2) is 0 Å². The number of hydrogen-bond acceptors (Lipinski definition) is 4. The number of carbonyl (C=O) groups excluding carboxylic acids is 1. The molecule has 3 heterocycles. The summed E-state index contributed by atoms with van der Waals surface area (Å²) in [7, 11) is 1.68. The molecule has 2 bridgehead atoms. The van der Waals surface area contributed by atoms with E-state index in [0.29, 0.717) is 32.5 Å². The van der Waals surface area contributed by atoms with Crippen molar-refractivity contribution in [2.24, 2.45) is 5.41 Å². The fraction of sp³-hybridized carbons (Fsp3) is 0.650. The molecule has 0 radical (unpaired) electrons. The predicted octanol–water partition coefficient (Wildman–Crippen LogP) is 2.04.